The molecule has 0 radical (unpaired) electrons. The third-order valence-corrected chi connectivity index (χ3v) is 6.05. The van der Waals surface area contributed by atoms with Gasteiger partial charge in [0, 0.05) is 62.8 Å². The van der Waals surface area contributed by atoms with Crippen molar-refractivity contribution >= 4 is 28.4 Å². The quantitative estimate of drug-likeness (QED) is 0.719. The minimum Gasteiger partial charge on any atom is -0.497 e. The van der Waals surface area contributed by atoms with E-state index < -0.39 is 0 Å². The first-order valence-corrected chi connectivity index (χ1v) is 10.4. The number of carbonyl (C=O) groups excluding carboxylic acids is 1. The van der Waals surface area contributed by atoms with Gasteiger partial charge in [-0.05, 0) is 31.0 Å². The number of rotatable bonds is 5. The van der Waals surface area contributed by atoms with E-state index in [-0.39, 0.29) is 5.91 Å². The van der Waals surface area contributed by atoms with E-state index in [1.165, 1.54) is 0 Å². The molecule has 7 heteroatoms. The number of ether oxygens (including phenoxy) is 1. The van der Waals surface area contributed by atoms with Gasteiger partial charge in [0.05, 0.1) is 19.2 Å². The summed E-state index contributed by atoms with van der Waals surface area (Å²) in [6.45, 7) is 6.88. The number of methoxy groups -OCH3 is 1. The normalized spacial score (nSPS) is 18.7. The lowest BCUT2D eigenvalue weighted by Gasteiger charge is -2.35. The zero-order chi connectivity index (χ0) is 19.5. The van der Waals surface area contributed by atoms with Gasteiger partial charge in [-0.1, -0.05) is 11.6 Å². The van der Waals surface area contributed by atoms with Crippen LogP contribution in [-0.2, 0) is 11.3 Å². The Morgan fingerprint density at radius 3 is 2.50 bits per heavy atom. The summed E-state index contributed by atoms with van der Waals surface area (Å²) in [6.07, 6.45) is 2.29. The average Bonchev–Trinajstić information content (AvgIpc) is 3.24. The van der Waals surface area contributed by atoms with Crippen molar-refractivity contribution in [2.45, 2.75) is 19.4 Å². The van der Waals surface area contributed by atoms with Crippen molar-refractivity contribution in [1.29, 1.82) is 0 Å². The van der Waals surface area contributed by atoms with Gasteiger partial charge in [-0.15, -0.1) is 0 Å². The Morgan fingerprint density at radius 2 is 1.79 bits per heavy atom. The highest BCUT2D eigenvalue weighted by molar-refractivity contribution is 6.30. The van der Waals surface area contributed by atoms with Gasteiger partial charge in [0.25, 0.3) is 0 Å². The molecule has 2 saturated heterocycles. The number of carbonyl (C=O) groups is 1. The summed E-state index contributed by atoms with van der Waals surface area (Å²) in [5.41, 5.74) is 1.89. The minimum absolute atomic E-state index is 0.281. The van der Waals surface area contributed by atoms with Crippen LogP contribution in [0.1, 0.15) is 18.4 Å². The smallest absolute Gasteiger partial charge is 0.236 e. The fourth-order valence-electron chi connectivity index (χ4n) is 4.01. The van der Waals surface area contributed by atoms with Gasteiger partial charge in [-0.2, -0.15) is 0 Å². The minimum atomic E-state index is 0.281. The molecule has 3 heterocycles. The van der Waals surface area contributed by atoms with Crippen LogP contribution < -0.4 is 4.74 Å². The van der Waals surface area contributed by atoms with Crippen molar-refractivity contribution in [2.75, 3.05) is 52.9 Å². The van der Waals surface area contributed by atoms with Gasteiger partial charge in [-0.3, -0.25) is 14.6 Å². The molecule has 0 spiro atoms. The SMILES string of the molecule is COc1ccc2cc(CN3CCN(CC(=O)N4CCCC4)CC3)c(Cl)nc2c1. The molecule has 0 unspecified atom stereocenters. The summed E-state index contributed by atoms with van der Waals surface area (Å²) in [5.74, 6) is 1.06. The second kappa shape index (κ2) is 8.64. The molecule has 0 aliphatic carbocycles. The van der Waals surface area contributed by atoms with Gasteiger partial charge >= 0.3 is 0 Å². The van der Waals surface area contributed by atoms with E-state index in [0.29, 0.717) is 11.7 Å². The van der Waals surface area contributed by atoms with E-state index in [1.807, 2.05) is 23.1 Å². The lowest BCUT2D eigenvalue weighted by molar-refractivity contribution is -0.131. The molecule has 1 aromatic carbocycles. The van der Waals surface area contributed by atoms with E-state index >= 15 is 0 Å². The molecule has 2 fully saturated rings. The van der Waals surface area contributed by atoms with Crippen LogP contribution >= 0.6 is 11.6 Å². The molecule has 1 amide bonds. The Balaban J connectivity index is 1.34. The van der Waals surface area contributed by atoms with Crippen LogP contribution in [-0.4, -0.2) is 78.5 Å². The maximum Gasteiger partial charge on any atom is 0.236 e. The number of fused-ring (bicyclic) bond motifs is 1. The molecule has 28 heavy (non-hydrogen) atoms. The molecule has 4 rings (SSSR count). The number of nitrogens with zero attached hydrogens (tertiary/aromatic N) is 4. The summed E-state index contributed by atoms with van der Waals surface area (Å²) in [5, 5.41) is 1.61. The zero-order valence-corrected chi connectivity index (χ0v) is 17.1. The lowest BCUT2D eigenvalue weighted by atomic mass is 10.1. The van der Waals surface area contributed by atoms with Crippen LogP contribution in [0.5, 0.6) is 5.75 Å². The van der Waals surface area contributed by atoms with Crippen molar-refractivity contribution in [2.24, 2.45) is 0 Å². The van der Waals surface area contributed by atoms with Crippen molar-refractivity contribution in [3.63, 3.8) is 0 Å². The molecule has 1 aromatic heterocycles. The first-order valence-electron chi connectivity index (χ1n) is 9.98. The number of halogens is 1. The fraction of sp³-hybridized carbons (Fsp3) is 0.524. The standard InChI is InChI=1S/C21H27ClN4O2/c1-28-18-5-4-16-12-17(21(22)23-19(16)13-18)14-24-8-10-25(11-9-24)15-20(27)26-6-2-3-7-26/h4-5,12-13H,2-3,6-11,14-15H2,1H3. The molecule has 2 aliphatic heterocycles. The third-order valence-electron chi connectivity index (χ3n) is 5.73. The predicted octanol–water partition coefficient (Wildman–Crippen LogP) is 2.64. The van der Waals surface area contributed by atoms with Gasteiger partial charge in [-0.25, -0.2) is 4.98 Å². The van der Waals surface area contributed by atoms with Gasteiger partial charge < -0.3 is 9.64 Å². The largest absolute Gasteiger partial charge is 0.497 e. The summed E-state index contributed by atoms with van der Waals surface area (Å²) in [6, 6.07) is 7.98. The van der Waals surface area contributed by atoms with E-state index in [9.17, 15) is 4.79 Å². The second-order valence-corrected chi connectivity index (χ2v) is 8.00. The van der Waals surface area contributed by atoms with Crippen LogP contribution in [0.3, 0.4) is 0 Å². The van der Waals surface area contributed by atoms with Crippen molar-refractivity contribution in [1.82, 2.24) is 19.7 Å². The number of amides is 1. The summed E-state index contributed by atoms with van der Waals surface area (Å²) < 4.78 is 5.26. The third kappa shape index (κ3) is 4.40. The molecule has 0 saturated carbocycles. The monoisotopic (exact) mass is 402 g/mol. The highest BCUT2D eigenvalue weighted by Gasteiger charge is 2.23. The topological polar surface area (TPSA) is 48.9 Å². The van der Waals surface area contributed by atoms with E-state index in [1.54, 1.807) is 7.11 Å². The molecule has 6 nitrogen and oxygen atoms in total. The Bertz CT molecular complexity index is 846. The summed E-state index contributed by atoms with van der Waals surface area (Å²) in [4.78, 5) is 23.5. The van der Waals surface area contributed by atoms with Gasteiger partial charge in [0.15, 0.2) is 0 Å². The molecule has 0 bridgehead atoms. The Labute approximate surface area is 171 Å². The van der Waals surface area contributed by atoms with E-state index in [0.717, 1.165) is 80.9 Å². The second-order valence-electron chi connectivity index (χ2n) is 7.64. The first-order chi connectivity index (χ1) is 13.6. The van der Waals surface area contributed by atoms with Crippen LogP contribution in [0.15, 0.2) is 24.3 Å². The molecule has 0 N–H and O–H groups in total. The summed E-state index contributed by atoms with van der Waals surface area (Å²) in [7, 11) is 1.65. The summed E-state index contributed by atoms with van der Waals surface area (Å²) >= 11 is 6.45. The van der Waals surface area contributed by atoms with Crippen LogP contribution in [0, 0.1) is 0 Å². The Hall–Kier alpha value is -1.89. The number of pyridine rings is 1. The van der Waals surface area contributed by atoms with Gasteiger partial charge in [0.2, 0.25) is 5.91 Å². The lowest BCUT2D eigenvalue weighted by Crippen LogP contribution is -2.49. The first kappa shape index (κ1) is 19.4. The molecular weight excluding hydrogens is 376 g/mol. The van der Waals surface area contributed by atoms with Crippen molar-refractivity contribution < 1.29 is 9.53 Å². The number of benzene rings is 1. The molecule has 2 aromatic rings. The van der Waals surface area contributed by atoms with Crippen molar-refractivity contribution in [3.05, 3.63) is 35.0 Å². The Morgan fingerprint density at radius 1 is 1.07 bits per heavy atom. The van der Waals surface area contributed by atoms with Crippen LogP contribution in [0.4, 0.5) is 0 Å². The average molecular weight is 403 g/mol. The maximum absolute atomic E-state index is 12.3. The molecular formula is C21H27ClN4O2. The van der Waals surface area contributed by atoms with E-state index in [2.05, 4.69) is 20.9 Å². The predicted molar refractivity (Wildman–Crippen MR) is 111 cm³/mol. The van der Waals surface area contributed by atoms with Crippen LogP contribution in [0.2, 0.25) is 5.15 Å². The number of hydrogen-bond acceptors (Lipinski definition) is 5. The number of aromatic nitrogens is 1. The highest BCUT2D eigenvalue weighted by atomic mass is 35.5. The van der Waals surface area contributed by atoms with Crippen molar-refractivity contribution in [3.8, 4) is 5.75 Å². The fourth-order valence-corrected chi connectivity index (χ4v) is 4.21. The van der Waals surface area contributed by atoms with Gasteiger partial charge in [0.1, 0.15) is 10.9 Å². The van der Waals surface area contributed by atoms with Crippen LogP contribution in [0.25, 0.3) is 10.9 Å². The number of piperazine rings is 1. The highest BCUT2D eigenvalue weighted by Crippen LogP contribution is 2.25. The molecule has 2 aliphatic rings. The zero-order valence-electron chi connectivity index (χ0n) is 16.4. The molecule has 0 atom stereocenters. The molecule has 150 valence electrons. The number of hydrogen-bond donors (Lipinski definition) is 0. The van der Waals surface area contributed by atoms with E-state index in [4.69, 9.17) is 16.3 Å². The maximum atomic E-state index is 12.3. The Kier molecular flexibility index (Phi) is 5.99. The number of likely N-dealkylation sites (tertiary alicyclic amines) is 1.